The molecule has 26 heavy (non-hydrogen) atoms. The largest absolute Gasteiger partial charge is 0.462 e. The van der Waals surface area contributed by atoms with Gasteiger partial charge in [-0.3, -0.25) is 4.31 Å². The second-order valence-corrected chi connectivity index (χ2v) is 7.78. The molecule has 2 aromatic rings. The van der Waals surface area contributed by atoms with E-state index in [1.165, 1.54) is 37.4 Å². The van der Waals surface area contributed by atoms with Crippen molar-refractivity contribution >= 4 is 33.3 Å². The number of carbonyl (C=O) groups is 1. The molecule has 0 fully saturated rings. The van der Waals surface area contributed by atoms with E-state index in [9.17, 15) is 13.2 Å². The van der Waals surface area contributed by atoms with Crippen LogP contribution in [0.25, 0.3) is 0 Å². The number of carbonyl (C=O) groups excluding carboxylic acids is 1. The summed E-state index contributed by atoms with van der Waals surface area (Å²) in [5.74, 6) is -0.634. The Balaban J connectivity index is 2.22. The average Bonchev–Trinajstić information content (AvgIpc) is 2.64. The van der Waals surface area contributed by atoms with Crippen molar-refractivity contribution in [2.75, 3.05) is 18.0 Å². The number of ether oxygens (including phenoxy) is 1. The first-order valence-electron chi connectivity index (χ1n) is 7.75. The molecule has 0 aromatic heterocycles. The van der Waals surface area contributed by atoms with Gasteiger partial charge in [-0.15, -0.1) is 0 Å². The predicted octanol–water partition coefficient (Wildman–Crippen LogP) is 3.63. The van der Waals surface area contributed by atoms with E-state index in [0.717, 1.165) is 4.31 Å². The van der Waals surface area contributed by atoms with E-state index < -0.39 is 16.0 Å². The molecule has 0 aliphatic rings. The summed E-state index contributed by atoms with van der Waals surface area (Å²) in [4.78, 5) is 12.0. The van der Waals surface area contributed by atoms with Gasteiger partial charge in [0, 0.05) is 18.5 Å². The lowest BCUT2D eigenvalue weighted by Crippen LogP contribution is -2.26. The molecule has 8 heteroatoms. The zero-order valence-corrected chi connectivity index (χ0v) is 15.6. The van der Waals surface area contributed by atoms with Gasteiger partial charge in [-0.25, -0.2) is 13.2 Å². The van der Waals surface area contributed by atoms with Crippen LogP contribution in [0.2, 0.25) is 5.02 Å². The number of anilines is 1. The summed E-state index contributed by atoms with van der Waals surface area (Å²) in [6, 6.07) is 14.0. The highest BCUT2D eigenvalue weighted by atomic mass is 35.5. The fraction of sp³-hybridized carbons (Fsp3) is 0.222. The fourth-order valence-corrected chi connectivity index (χ4v) is 3.57. The molecule has 0 aliphatic heterocycles. The highest BCUT2D eigenvalue weighted by Crippen LogP contribution is 2.25. The van der Waals surface area contributed by atoms with Gasteiger partial charge in [0.2, 0.25) is 0 Å². The van der Waals surface area contributed by atoms with Crippen LogP contribution in [-0.2, 0) is 14.8 Å². The minimum Gasteiger partial charge on any atom is -0.462 e. The molecule has 0 radical (unpaired) electrons. The number of rotatable bonds is 7. The van der Waals surface area contributed by atoms with Crippen LogP contribution in [0.3, 0.4) is 0 Å². The summed E-state index contributed by atoms with van der Waals surface area (Å²) in [6.07, 6.45) is 0.712. The van der Waals surface area contributed by atoms with Gasteiger partial charge >= 0.3 is 5.97 Å². The normalized spacial score (nSPS) is 10.8. The van der Waals surface area contributed by atoms with Gasteiger partial charge in [0.15, 0.2) is 0 Å². The Labute approximate surface area is 157 Å². The lowest BCUT2D eigenvalue weighted by Gasteiger charge is -2.20. The van der Waals surface area contributed by atoms with Crippen molar-refractivity contribution in [3.05, 3.63) is 59.1 Å². The summed E-state index contributed by atoms with van der Waals surface area (Å²) in [5, 5.41) is 8.88. The van der Waals surface area contributed by atoms with E-state index >= 15 is 0 Å². The number of hydrogen-bond acceptors (Lipinski definition) is 5. The number of halogens is 1. The molecule has 0 heterocycles. The fourth-order valence-electron chi connectivity index (χ4n) is 2.15. The smallest absolute Gasteiger partial charge is 0.338 e. The lowest BCUT2D eigenvalue weighted by atomic mass is 10.2. The maximum Gasteiger partial charge on any atom is 0.338 e. The lowest BCUT2D eigenvalue weighted by molar-refractivity contribution is 0.0501. The minimum atomic E-state index is -3.87. The first-order chi connectivity index (χ1) is 12.4. The van der Waals surface area contributed by atoms with Crippen molar-refractivity contribution in [3.8, 4) is 6.07 Å². The zero-order chi connectivity index (χ0) is 19.2. The van der Waals surface area contributed by atoms with Crippen molar-refractivity contribution in [1.29, 1.82) is 5.26 Å². The number of nitrogens with zero attached hydrogens (tertiary/aromatic N) is 2. The molecule has 2 aromatic carbocycles. The summed E-state index contributed by atoms with van der Waals surface area (Å²) in [7, 11) is -2.46. The van der Waals surface area contributed by atoms with Gasteiger partial charge in [0.25, 0.3) is 10.0 Å². The Kier molecular flexibility index (Phi) is 6.61. The van der Waals surface area contributed by atoms with Crippen molar-refractivity contribution in [2.45, 2.75) is 17.7 Å². The third-order valence-corrected chi connectivity index (χ3v) is 5.58. The summed E-state index contributed by atoms with van der Waals surface area (Å²) in [6.45, 7) is 0.103. The molecule has 0 spiro atoms. The SMILES string of the molecule is CN(c1cccc(Cl)c1)S(=O)(=O)c1cccc(C(=O)OCCCC#N)c1. The molecule has 6 nitrogen and oxygen atoms in total. The molecule has 0 bridgehead atoms. The van der Waals surface area contributed by atoms with Gasteiger partial charge in [-0.05, 0) is 42.8 Å². The van der Waals surface area contributed by atoms with Crippen molar-refractivity contribution in [2.24, 2.45) is 0 Å². The molecule has 2 rings (SSSR count). The molecule has 0 aliphatic carbocycles. The molecule has 136 valence electrons. The number of unbranched alkanes of at least 4 members (excludes halogenated alkanes) is 1. The Morgan fingerprint density at radius 1 is 1.23 bits per heavy atom. The standard InChI is InChI=1S/C18H17ClN2O4S/c1-21(16-8-5-7-15(19)13-16)26(23,24)17-9-4-6-14(12-17)18(22)25-11-3-2-10-20/h4-9,12-13H,2-3,11H2,1H3. The third-order valence-electron chi connectivity index (χ3n) is 3.57. The second-order valence-electron chi connectivity index (χ2n) is 5.38. The number of sulfonamides is 1. The van der Waals surface area contributed by atoms with Gasteiger partial charge < -0.3 is 4.74 Å². The van der Waals surface area contributed by atoms with Crippen LogP contribution < -0.4 is 4.31 Å². The van der Waals surface area contributed by atoms with Gasteiger partial charge in [-0.2, -0.15) is 5.26 Å². The first kappa shape index (κ1) is 19.8. The third kappa shape index (κ3) is 4.75. The van der Waals surface area contributed by atoms with Crippen LogP contribution in [0.5, 0.6) is 0 Å². The van der Waals surface area contributed by atoms with Crippen LogP contribution in [0.1, 0.15) is 23.2 Å². The Morgan fingerprint density at radius 3 is 2.65 bits per heavy atom. The molecular formula is C18H17ClN2O4S. The van der Waals surface area contributed by atoms with Crippen LogP contribution in [0, 0.1) is 11.3 Å². The van der Waals surface area contributed by atoms with Gasteiger partial charge in [0.05, 0.1) is 28.8 Å². The molecule has 0 saturated carbocycles. The van der Waals surface area contributed by atoms with Crippen LogP contribution in [-0.4, -0.2) is 28.0 Å². The Bertz CT molecular complexity index is 938. The predicted molar refractivity (Wildman–Crippen MR) is 98.6 cm³/mol. The van der Waals surface area contributed by atoms with E-state index in [0.29, 0.717) is 17.1 Å². The van der Waals surface area contributed by atoms with Crippen LogP contribution in [0.4, 0.5) is 5.69 Å². The quantitative estimate of drug-likeness (QED) is 0.530. The molecule has 0 unspecified atom stereocenters. The van der Waals surface area contributed by atoms with E-state index in [1.807, 2.05) is 6.07 Å². The maximum absolute atomic E-state index is 12.8. The molecule has 0 saturated heterocycles. The van der Waals surface area contributed by atoms with Crippen molar-refractivity contribution in [3.63, 3.8) is 0 Å². The van der Waals surface area contributed by atoms with Crippen LogP contribution in [0.15, 0.2) is 53.4 Å². The van der Waals surface area contributed by atoms with E-state index in [1.54, 1.807) is 18.2 Å². The minimum absolute atomic E-state index is 0.0357. The molecule has 0 amide bonds. The van der Waals surface area contributed by atoms with E-state index in [4.69, 9.17) is 21.6 Å². The number of hydrogen-bond donors (Lipinski definition) is 0. The van der Waals surface area contributed by atoms with E-state index in [2.05, 4.69) is 0 Å². The van der Waals surface area contributed by atoms with Crippen molar-refractivity contribution < 1.29 is 17.9 Å². The average molecular weight is 393 g/mol. The first-order valence-corrected chi connectivity index (χ1v) is 9.56. The van der Waals surface area contributed by atoms with Crippen LogP contribution >= 0.6 is 11.6 Å². The monoisotopic (exact) mass is 392 g/mol. The second kappa shape index (κ2) is 8.70. The topological polar surface area (TPSA) is 87.5 Å². The van der Waals surface area contributed by atoms with Gasteiger partial charge in [-0.1, -0.05) is 23.7 Å². The Hall–Kier alpha value is -2.56. The molecule has 0 N–H and O–H groups in total. The van der Waals surface area contributed by atoms with Gasteiger partial charge in [0.1, 0.15) is 0 Å². The molecular weight excluding hydrogens is 376 g/mol. The molecule has 0 atom stereocenters. The van der Waals surface area contributed by atoms with E-state index in [-0.39, 0.29) is 23.5 Å². The Morgan fingerprint density at radius 2 is 1.96 bits per heavy atom. The summed E-state index contributed by atoms with van der Waals surface area (Å²) in [5.41, 5.74) is 0.532. The number of esters is 1. The zero-order valence-electron chi connectivity index (χ0n) is 14.1. The summed E-state index contributed by atoms with van der Waals surface area (Å²) < 4.78 is 31.8. The highest BCUT2D eigenvalue weighted by Gasteiger charge is 2.23. The maximum atomic E-state index is 12.8. The number of benzene rings is 2. The summed E-state index contributed by atoms with van der Waals surface area (Å²) >= 11 is 5.92. The van der Waals surface area contributed by atoms with Crippen molar-refractivity contribution in [1.82, 2.24) is 0 Å². The highest BCUT2D eigenvalue weighted by molar-refractivity contribution is 7.92. The number of nitriles is 1.